The molecule has 2 saturated heterocycles. The number of nitrogens with zero attached hydrogens (tertiary/aromatic N) is 3. The molecule has 0 saturated carbocycles. The maximum absolute atomic E-state index is 13.4. The van der Waals surface area contributed by atoms with E-state index in [0.29, 0.717) is 62.5 Å². The van der Waals surface area contributed by atoms with Gasteiger partial charge in [-0.1, -0.05) is 12.1 Å². The predicted octanol–water partition coefficient (Wildman–Crippen LogP) is 2.50. The number of hydrogen-bond donors (Lipinski definition) is 1. The lowest BCUT2D eigenvalue weighted by Crippen LogP contribution is -2.75. The van der Waals surface area contributed by atoms with Crippen molar-refractivity contribution in [3.05, 3.63) is 64.6 Å². The van der Waals surface area contributed by atoms with E-state index in [1.54, 1.807) is 41.4 Å². The Bertz CT molecular complexity index is 1300. The van der Waals surface area contributed by atoms with Gasteiger partial charge in [-0.15, -0.1) is 11.3 Å². The first-order chi connectivity index (χ1) is 16.6. The predicted molar refractivity (Wildman–Crippen MR) is 127 cm³/mol. The van der Waals surface area contributed by atoms with E-state index in [9.17, 15) is 13.8 Å². The van der Waals surface area contributed by atoms with Crippen LogP contribution >= 0.6 is 11.3 Å². The fourth-order valence-electron chi connectivity index (χ4n) is 4.96. The smallest absolute Gasteiger partial charge is 0.375 e. The fourth-order valence-corrected chi connectivity index (χ4v) is 6.87. The van der Waals surface area contributed by atoms with E-state index in [4.69, 9.17) is 4.74 Å². The molecule has 10 heteroatoms. The summed E-state index contributed by atoms with van der Waals surface area (Å²) < 4.78 is 19.3. The number of ether oxygens (including phenoxy) is 1. The van der Waals surface area contributed by atoms with E-state index in [1.807, 2.05) is 17.5 Å². The Morgan fingerprint density at radius 2 is 1.85 bits per heavy atom. The average Bonchev–Trinajstić information content (AvgIpc) is 3.38. The Morgan fingerprint density at radius 3 is 2.62 bits per heavy atom. The quantitative estimate of drug-likeness (QED) is 0.440. The van der Waals surface area contributed by atoms with Crippen molar-refractivity contribution in [2.75, 3.05) is 39.3 Å². The molecule has 1 N–H and O–H groups in total. The number of piperazine rings is 1. The second-order valence-corrected chi connectivity index (χ2v) is 11.0. The summed E-state index contributed by atoms with van der Waals surface area (Å²) in [5.74, 6) is 1.01. The van der Waals surface area contributed by atoms with Crippen LogP contribution in [0.15, 0.2) is 63.8 Å². The number of thiazole rings is 1. The van der Waals surface area contributed by atoms with E-state index in [-0.39, 0.29) is 17.9 Å². The van der Waals surface area contributed by atoms with Crippen LogP contribution in [-0.4, -0.2) is 75.7 Å². The molecule has 3 aliphatic rings. The van der Waals surface area contributed by atoms with Gasteiger partial charge in [-0.2, -0.15) is 0 Å². The number of nitrogens with one attached hydrogen (secondary N) is 1. The lowest BCUT2D eigenvalue weighted by Gasteiger charge is -2.51. The largest absolute Gasteiger partial charge is 0.455 e. The van der Waals surface area contributed by atoms with Gasteiger partial charge in [0.2, 0.25) is 5.01 Å². The molecule has 174 valence electrons. The highest BCUT2D eigenvalue weighted by atomic mass is 32.2. The van der Waals surface area contributed by atoms with Gasteiger partial charge >= 0.3 is 5.91 Å². The number of amides is 2. The van der Waals surface area contributed by atoms with Crippen molar-refractivity contribution in [3.8, 4) is 11.5 Å². The molecule has 0 spiro atoms. The van der Waals surface area contributed by atoms with Gasteiger partial charge in [0.05, 0.1) is 46.8 Å². The monoisotopic (exact) mass is 495 g/mol. The molecular weight excluding hydrogens is 472 g/mol. The minimum Gasteiger partial charge on any atom is -0.455 e. The summed E-state index contributed by atoms with van der Waals surface area (Å²) in [5, 5.41) is 5.69. The number of carbonyl (C=O) groups is 2. The highest BCUT2D eigenvalue weighted by Gasteiger charge is 2.52. The van der Waals surface area contributed by atoms with Gasteiger partial charge in [-0.25, -0.2) is 18.5 Å². The number of hydrogen-bond acceptors (Lipinski definition) is 7. The first-order valence-electron chi connectivity index (χ1n) is 11.2. The lowest BCUT2D eigenvalue weighted by molar-refractivity contribution is -0.881. The van der Waals surface area contributed by atoms with Crippen LogP contribution in [0.5, 0.6) is 11.5 Å². The number of benzene rings is 2. The standard InChI is InChI=1S/C24H23N4O4S2/c29-23(16-5-6-19-21(13-16)34(31)20-4-2-1-3-18(20)32-19)27-14-17(15-27)28(10-7-25-8-11-28)24(30)22-26-9-12-33-22/h1-6,9,12-13,17,25H,7-8,10-11,14-15H2/q+1. The van der Waals surface area contributed by atoms with Crippen LogP contribution in [0.1, 0.15) is 20.2 Å². The number of carbonyl (C=O) groups excluding carboxylic acids is 2. The van der Waals surface area contributed by atoms with Crippen LogP contribution in [-0.2, 0) is 10.8 Å². The summed E-state index contributed by atoms with van der Waals surface area (Å²) in [6.45, 7) is 3.93. The lowest BCUT2D eigenvalue weighted by atomic mass is 9.99. The van der Waals surface area contributed by atoms with Crippen LogP contribution in [0.3, 0.4) is 0 Å². The topological polar surface area (TPSA) is 88.6 Å². The third-order valence-electron chi connectivity index (χ3n) is 6.90. The molecule has 6 rings (SSSR count). The molecule has 3 aromatic rings. The Kier molecular flexibility index (Phi) is 5.33. The van der Waals surface area contributed by atoms with Crippen molar-refractivity contribution in [1.82, 2.24) is 15.2 Å². The van der Waals surface area contributed by atoms with Crippen molar-refractivity contribution in [3.63, 3.8) is 0 Å². The number of likely N-dealkylation sites (tertiary alicyclic amines) is 1. The van der Waals surface area contributed by atoms with Crippen LogP contribution in [0.2, 0.25) is 0 Å². The number of aromatic nitrogens is 1. The first kappa shape index (κ1) is 21.6. The maximum atomic E-state index is 13.4. The number of rotatable bonds is 3. The first-order valence-corrected chi connectivity index (χ1v) is 13.2. The van der Waals surface area contributed by atoms with Crippen LogP contribution < -0.4 is 10.1 Å². The molecule has 3 aliphatic heterocycles. The van der Waals surface area contributed by atoms with Crippen molar-refractivity contribution in [1.29, 1.82) is 0 Å². The number of para-hydroxylation sites is 1. The molecule has 0 bridgehead atoms. The molecule has 8 nitrogen and oxygen atoms in total. The van der Waals surface area contributed by atoms with Gasteiger partial charge in [0, 0.05) is 30.2 Å². The summed E-state index contributed by atoms with van der Waals surface area (Å²) >= 11 is 1.37. The van der Waals surface area contributed by atoms with E-state index < -0.39 is 10.8 Å². The molecule has 0 aliphatic carbocycles. The Hall–Kier alpha value is -2.92. The van der Waals surface area contributed by atoms with E-state index in [2.05, 4.69) is 10.3 Å². The summed E-state index contributed by atoms with van der Waals surface area (Å²) in [5.41, 5.74) is 0.478. The third-order valence-corrected chi connectivity index (χ3v) is 9.12. The van der Waals surface area contributed by atoms with Gasteiger partial charge in [-0.3, -0.25) is 4.79 Å². The Balaban J connectivity index is 1.21. The van der Waals surface area contributed by atoms with Crippen molar-refractivity contribution in [2.45, 2.75) is 15.8 Å². The summed E-state index contributed by atoms with van der Waals surface area (Å²) in [6, 6.07) is 12.4. The molecule has 1 atom stereocenters. The summed E-state index contributed by atoms with van der Waals surface area (Å²) in [4.78, 5) is 33.8. The molecule has 2 amide bonds. The van der Waals surface area contributed by atoms with Crippen molar-refractivity contribution >= 4 is 34.0 Å². The molecule has 2 fully saturated rings. The molecule has 1 unspecified atom stereocenters. The third kappa shape index (κ3) is 3.40. The van der Waals surface area contributed by atoms with Gasteiger partial charge in [0.25, 0.3) is 5.91 Å². The minimum absolute atomic E-state index is 0.0458. The van der Waals surface area contributed by atoms with Crippen molar-refractivity contribution in [2.24, 2.45) is 0 Å². The molecular formula is C24H23N4O4S2+. The Morgan fingerprint density at radius 1 is 1.09 bits per heavy atom. The average molecular weight is 496 g/mol. The SMILES string of the molecule is O=C(c1ccc2c(c1)S(=O)c1ccccc1O2)N1CC([N+]2(C(=O)c3nccs3)CCNCC2)C1. The van der Waals surface area contributed by atoms with Gasteiger partial charge < -0.3 is 15.0 Å². The van der Waals surface area contributed by atoms with Gasteiger partial charge in [-0.05, 0) is 30.3 Å². The number of quaternary nitrogens is 1. The van der Waals surface area contributed by atoms with Crippen LogP contribution in [0.25, 0.3) is 0 Å². The van der Waals surface area contributed by atoms with Crippen LogP contribution in [0, 0.1) is 0 Å². The molecule has 2 aromatic carbocycles. The highest BCUT2D eigenvalue weighted by molar-refractivity contribution is 7.85. The zero-order valence-electron chi connectivity index (χ0n) is 18.3. The normalized spacial score (nSPS) is 21.1. The fraction of sp³-hybridized carbons (Fsp3) is 0.292. The summed E-state index contributed by atoms with van der Waals surface area (Å²) in [7, 11) is -1.41. The van der Waals surface area contributed by atoms with Gasteiger partial charge in [0.15, 0.2) is 0 Å². The van der Waals surface area contributed by atoms with Crippen molar-refractivity contribution < 1.29 is 23.0 Å². The highest BCUT2D eigenvalue weighted by Crippen LogP contribution is 2.40. The van der Waals surface area contributed by atoms with Gasteiger partial charge in [0.1, 0.15) is 17.5 Å². The second kappa shape index (κ2) is 8.38. The zero-order chi connectivity index (χ0) is 23.3. The Labute approximate surface area is 203 Å². The molecule has 34 heavy (non-hydrogen) atoms. The minimum atomic E-state index is -1.41. The zero-order valence-corrected chi connectivity index (χ0v) is 19.9. The molecule has 1 aromatic heterocycles. The van der Waals surface area contributed by atoms with Crippen LogP contribution in [0.4, 0.5) is 0 Å². The second-order valence-electron chi connectivity index (χ2n) is 8.72. The number of fused-ring (bicyclic) bond motifs is 2. The maximum Gasteiger partial charge on any atom is 0.375 e. The van der Waals surface area contributed by atoms with E-state index in [1.165, 1.54) is 11.3 Å². The molecule has 4 heterocycles. The van der Waals surface area contributed by atoms with E-state index in [0.717, 1.165) is 13.1 Å². The van der Waals surface area contributed by atoms with E-state index >= 15 is 0 Å². The molecule has 0 radical (unpaired) electrons. The summed E-state index contributed by atoms with van der Waals surface area (Å²) in [6.07, 6.45) is 1.66.